The molecule has 0 amide bonds. The Balaban J connectivity index is 2.84. The van der Waals surface area contributed by atoms with Gasteiger partial charge in [-0.3, -0.25) is 5.84 Å². The van der Waals surface area contributed by atoms with Crippen molar-refractivity contribution in [2.75, 3.05) is 5.43 Å². The molecule has 1 rings (SSSR count). The molecule has 0 bridgehead atoms. The monoisotopic (exact) mass is 130 g/mol. The number of aromatic hydroxyl groups is 1. The Morgan fingerprint density at radius 3 is 2.75 bits per heavy atom. The van der Waals surface area contributed by atoms with Crippen LogP contribution in [0.25, 0.3) is 0 Å². The highest BCUT2D eigenvalue weighted by Gasteiger charge is 1.91. The maximum Gasteiger partial charge on any atom is 0.173 e. The molecule has 0 saturated carbocycles. The minimum atomic E-state index is 0.276. The van der Waals surface area contributed by atoms with Gasteiger partial charge in [0.05, 0.1) is 5.69 Å². The molecule has 1 heterocycles. The molecule has 4 N–H and O–H groups in total. The summed E-state index contributed by atoms with van der Waals surface area (Å²) in [5.74, 6) is 5.01. The van der Waals surface area contributed by atoms with Gasteiger partial charge in [0.25, 0.3) is 0 Å². The zero-order chi connectivity index (χ0) is 5.98. The summed E-state index contributed by atoms with van der Waals surface area (Å²) in [7, 11) is 0. The molecule has 1 aromatic heterocycles. The molecule has 0 unspecified atom stereocenters. The van der Waals surface area contributed by atoms with Crippen molar-refractivity contribution < 1.29 is 5.11 Å². The molecule has 0 spiro atoms. The second kappa shape index (κ2) is 2.02. The Kier molecular flexibility index (Phi) is 1.36. The number of rotatable bonds is 1. The molecule has 0 aliphatic carbocycles. The van der Waals surface area contributed by atoms with Crippen LogP contribution in [0.1, 0.15) is 0 Å². The highest BCUT2D eigenvalue weighted by Crippen LogP contribution is 2.23. The third-order valence-electron chi connectivity index (χ3n) is 0.752. The summed E-state index contributed by atoms with van der Waals surface area (Å²) in [6, 6.07) is 1.56. The molecule has 1 aromatic rings. The average Bonchev–Trinajstić information content (AvgIpc) is 2.14. The fourth-order valence-electron chi connectivity index (χ4n) is 0.401. The number of hydrogen-bond donors (Lipinski definition) is 3. The van der Waals surface area contributed by atoms with E-state index in [1.807, 2.05) is 0 Å². The van der Waals surface area contributed by atoms with E-state index in [1.54, 1.807) is 11.4 Å². The maximum absolute atomic E-state index is 8.71. The lowest BCUT2D eigenvalue weighted by Gasteiger charge is -1.86. The van der Waals surface area contributed by atoms with Crippen LogP contribution in [-0.2, 0) is 0 Å². The molecule has 8 heavy (non-hydrogen) atoms. The summed E-state index contributed by atoms with van der Waals surface area (Å²) < 4.78 is 0. The number of hydrogen-bond acceptors (Lipinski definition) is 4. The molecule has 0 atom stereocenters. The Labute approximate surface area is 50.7 Å². The van der Waals surface area contributed by atoms with E-state index < -0.39 is 0 Å². The van der Waals surface area contributed by atoms with E-state index in [2.05, 4.69) is 5.43 Å². The van der Waals surface area contributed by atoms with Gasteiger partial charge in [0.2, 0.25) is 0 Å². The molecule has 3 nitrogen and oxygen atoms in total. The van der Waals surface area contributed by atoms with Crippen LogP contribution in [0.4, 0.5) is 5.69 Å². The van der Waals surface area contributed by atoms with Crippen LogP contribution in [-0.4, -0.2) is 5.11 Å². The van der Waals surface area contributed by atoms with Crippen LogP contribution in [0, 0.1) is 0 Å². The molecule has 0 saturated heterocycles. The average molecular weight is 130 g/mol. The lowest BCUT2D eigenvalue weighted by Crippen LogP contribution is -2.04. The molecule has 44 valence electrons. The summed E-state index contributed by atoms with van der Waals surface area (Å²) in [6.07, 6.45) is 0. The predicted octanol–water partition coefficient (Wildman–Crippen LogP) is 0.739. The van der Waals surface area contributed by atoms with Crippen molar-refractivity contribution in [3.8, 4) is 5.06 Å². The van der Waals surface area contributed by atoms with Gasteiger partial charge in [0.1, 0.15) is 0 Å². The summed E-state index contributed by atoms with van der Waals surface area (Å²) in [6.45, 7) is 0. The first kappa shape index (κ1) is 5.40. The molecular weight excluding hydrogens is 124 g/mol. The highest BCUT2D eigenvalue weighted by atomic mass is 32.1. The molecule has 0 aromatic carbocycles. The molecule has 0 radical (unpaired) electrons. The van der Waals surface area contributed by atoms with Gasteiger partial charge in [-0.25, -0.2) is 0 Å². The first-order valence-corrected chi connectivity index (χ1v) is 2.95. The van der Waals surface area contributed by atoms with E-state index in [4.69, 9.17) is 10.9 Å². The van der Waals surface area contributed by atoms with Crippen LogP contribution in [0.15, 0.2) is 11.4 Å². The fraction of sp³-hybridized carbons (Fsp3) is 0. The van der Waals surface area contributed by atoms with Gasteiger partial charge >= 0.3 is 0 Å². The van der Waals surface area contributed by atoms with E-state index >= 15 is 0 Å². The van der Waals surface area contributed by atoms with Gasteiger partial charge in [-0.1, -0.05) is 0 Å². The van der Waals surface area contributed by atoms with Crippen molar-refractivity contribution in [2.45, 2.75) is 0 Å². The second-order valence-corrected chi connectivity index (χ2v) is 2.21. The minimum absolute atomic E-state index is 0.276. The quantitative estimate of drug-likeness (QED) is 0.388. The minimum Gasteiger partial charge on any atom is -0.499 e. The Bertz CT molecular complexity index is 174. The number of nitrogen functional groups attached to an aromatic ring is 1. The normalized spacial score (nSPS) is 9.12. The standard InChI is InChI=1S/C4H6N2OS/c5-6-3-1-4(7)8-2-3/h1-2,6-7H,5H2. The van der Waals surface area contributed by atoms with Crippen LogP contribution >= 0.6 is 11.3 Å². The van der Waals surface area contributed by atoms with Crippen LogP contribution in [0.2, 0.25) is 0 Å². The number of thiophene rings is 1. The Morgan fingerprint density at radius 2 is 2.50 bits per heavy atom. The number of anilines is 1. The van der Waals surface area contributed by atoms with Crippen molar-refractivity contribution in [1.82, 2.24) is 0 Å². The molecule has 0 aliphatic heterocycles. The molecule has 4 heteroatoms. The van der Waals surface area contributed by atoms with Crippen molar-refractivity contribution in [3.63, 3.8) is 0 Å². The smallest absolute Gasteiger partial charge is 0.173 e. The summed E-state index contributed by atoms with van der Waals surface area (Å²) in [5, 5.41) is 10.7. The topological polar surface area (TPSA) is 58.3 Å². The van der Waals surface area contributed by atoms with Gasteiger partial charge in [-0.05, 0) is 0 Å². The number of nitrogens with two attached hydrogens (primary N) is 1. The number of hydrazine groups is 1. The zero-order valence-electron chi connectivity index (χ0n) is 4.09. The van der Waals surface area contributed by atoms with Gasteiger partial charge in [-0.15, -0.1) is 11.3 Å². The van der Waals surface area contributed by atoms with Crippen molar-refractivity contribution in [3.05, 3.63) is 11.4 Å². The van der Waals surface area contributed by atoms with Gasteiger partial charge in [0, 0.05) is 11.4 Å². The SMILES string of the molecule is NNc1csc(O)c1. The maximum atomic E-state index is 8.71. The predicted molar refractivity (Wildman–Crippen MR) is 33.8 cm³/mol. The summed E-state index contributed by atoms with van der Waals surface area (Å²) in [4.78, 5) is 0. The van der Waals surface area contributed by atoms with E-state index in [9.17, 15) is 0 Å². The van der Waals surface area contributed by atoms with E-state index in [-0.39, 0.29) is 5.06 Å². The van der Waals surface area contributed by atoms with Crippen LogP contribution in [0.5, 0.6) is 5.06 Å². The van der Waals surface area contributed by atoms with E-state index in [1.165, 1.54) is 11.3 Å². The molecular formula is C4H6N2OS. The summed E-state index contributed by atoms with van der Waals surface area (Å²) >= 11 is 1.24. The van der Waals surface area contributed by atoms with Gasteiger partial charge in [0.15, 0.2) is 5.06 Å². The van der Waals surface area contributed by atoms with Crippen LogP contribution < -0.4 is 11.3 Å². The van der Waals surface area contributed by atoms with Crippen molar-refractivity contribution in [1.29, 1.82) is 0 Å². The lowest BCUT2D eigenvalue weighted by molar-refractivity contribution is 0.491. The fourth-order valence-corrected chi connectivity index (χ4v) is 0.979. The Hall–Kier alpha value is -0.740. The zero-order valence-corrected chi connectivity index (χ0v) is 4.90. The van der Waals surface area contributed by atoms with Crippen LogP contribution in [0.3, 0.4) is 0 Å². The second-order valence-electron chi connectivity index (χ2n) is 1.32. The molecule has 0 aliphatic rings. The third-order valence-corrected chi connectivity index (χ3v) is 1.48. The lowest BCUT2D eigenvalue weighted by atomic mass is 10.5. The van der Waals surface area contributed by atoms with E-state index in [0.717, 1.165) is 5.69 Å². The first-order chi connectivity index (χ1) is 3.83. The first-order valence-electron chi connectivity index (χ1n) is 2.07. The summed E-state index contributed by atoms with van der Waals surface area (Å²) in [5.41, 5.74) is 3.14. The van der Waals surface area contributed by atoms with Gasteiger partial charge in [-0.2, -0.15) is 0 Å². The largest absolute Gasteiger partial charge is 0.499 e. The highest BCUT2D eigenvalue weighted by molar-refractivity contribution is 7.12. The Morgan fingerprint density at radius 1 is 1.75 bits per heavy atom. The van der Waals surface area contributed by atoms with Crippen molar-refractivity contribution in [2.24, 2.45) is 5.84 Å². The molecule has 0 fully saturated rings. The number of nitrogens with one attached hydrogen (secondary N) is 1. The third kappa shape index (κ3) is 0.907. The van der Waals surface area contributed by atoms with E-state index in [0.29, 0.717) is 0 Å². The van der Waals surface area contributed by atoms with Gasteiger partial charge < -0.3 is 10.5 Å². The van der Waals surface area contributed by atoms with Crippen molar-refractivity contribution >= 4 is 17.0 Å².